The molecule has 154 valence electrons. The molecule has 1 aliphatic heterocycles. The summed E-state index contributed by atoms with van der Waals surface area (Å²) in [6.45, 7) is 3.07. The summed E-state index contributed by atoms with van der Waals surface area (Å²) in [6.07, 6.45) is -3.11. The van der Waals surface area contributed by atoms with E-state index >= 15 is 0 Å². The second kappa shape index (κ2) is 7.41. The summed E-state index contributed by atoms with van der Waals surface area (Å²) in [5.41, 5.74) is 0.837. The number of fused-ring (bicyclic) bond motifs is 1. The van der Waals surface area contributed by atoms with E-state index in [1.807, 2.05) is 36.1 Å². The van der Waals surface area contributed by atoms with Crippen molar-refractivity contribution in [2.24, 2.45) is 0 Å². The van der Waals surface area contributed by atoms with E-state index in [9.17, 15) is 13.2 Å². The van der Waals surface area contributed by atoms with Crippen molar-refractivity contribution in [3.05, 3.63) is 41.7 Å². The van der Waals surface area contributed by atoms with Crippen LogP contribution in [0.4, 0.5) is 19.0 Å². The van der Waals surface area contributed by atoms with Crippen molar-refractivity contribution in [2.45, 2.75) is 32.0 Å². The fourth-order valence-electron chi connectivity index (χ4n) is 3.43. The number of nitrogens with zero attached hydrogens (tertiary/aromatic N) is 5. The molecule has 1 saturated heterocycles. The zero-order chi connectivity index (χ0) is 20.6. The molecule has 3 aromatic rings. The first kappa shape index (κ1) is 19.3. The predicted molar refractivity (Wildman–Crippen MR) is 99.4 cm³/mol. The Hall–Kier alpha value is -3.04. The van der Waals surface area contributed by atoms with Crippen LogP contribution in [0.5, 0.6) is 11.5 Å². The summed E-state index contributed by atoms with van der Waals surface area (Å²) in [4.78, 5) is 1.98. The van der Waals surface area contributed by atoms with Crippen molar-refractivity contribution >= 4 is 11.5 Å². The van der Waals surface area contributed by atoms with Crippen LogP contribution in [0.2, 0.25) is 0 Å². The lowest BCUT2D eigenvalue weighted by Gasteiger charge is -2.33. The molecule has 10 heteroatoms. The highest BCUT2D eigenvalue weighted by Gasteiger charge is 2.38. The Balaban J connectivity index is 1.47. The molecule has 0 bridgehead atoms. The number of anilines is 1. The predicted octanol–water partition coefficient (Wildman–Crippen LogP) is 3.51. The Morgan fingerprint density at radius 3 is 2.31 bits per heavy atom. The van der Waals surface area contributed by atoms with Gasteiger partial charge in [0.25, 0.3) is 5.82 Å². The topological polar surface area (TPSA) is 64.8 Å². The average Bonchev–Trinajstić information content (AvgIpc) is 3.12. The molecular weight excluding hydrogens is 387 g/mol. The molecule has 2 aromatic heterocycles. The smallest absolute Gasteiger partial charge is 0.453 e. The van der Waals surface area contributed by atoms with Crippen LogP contribution in [0, 0.1) is 6.92 Å². The van der Waals surface area contributed by atoms with Gasteiger partial charge in [0.05, 0.1) is 7.11 Å². The summed E-state index contributed by atoms with van der Waals surface area (Å²) in [7, 11) is 1.61. The van der Waals surface area contributed by atoms with E-state index in [0.717, 1.165) is 34.4 Å². The van der Waals surface area contributed by atoms with E-state index in [0.29, 0.717) is 18.9 Å². The first-order valence-corrected chi connectivity index (χ1v) is 9.21. The van der Waals surface area contributed by atoms with Crippen molar-refractivity contribution in [1.29, 1.82) is 0 Å². The lowest BCUT2D eigenvalue weighted by molar-refractivity contribution is -0.146. The number of methoxy groups -OCH3 is 1. The minimum absolute atomic E-state index is 0.0318. The maximum Gasteiger partial charge on any atom is 0.453 e. The van der Waals surface area contributed by atoms with Crippen molar-refractivity contribution in [3.63, 3.8) is 0 Å². The molecule has 0 saturated carbocycles. The lowest BCUT2D eigenvalue weighted by Crippen LogP contribution is -2.39. The number of halogens is 3. The van der Waals surface area contributed by atoms with Gasteiger partial charge in [-0.2, -0.15) is 17.7 Å². The molecular formula is C19H20F3N5O2. The average molecular weight is 407 g/mol. The number of hydrogen-bond donors (Lipinski definition) is 0. The monoisotopic (exact) mass is 407 g/mol. The van der Waals surface area contributed by atoms with Crippen LogP contribution in [-0.2, 0) is 6.18 Å². The second-order valence-corrected chi connectivity index (χ2v) is 6.92. The van der Waals surface area contributed by atoms with E-state index in [-0.39, 0.29) is 11.8 Å². The standard InChI is InChI=1S/C19H20F3N5O2/c1-12-11-16-23-24-18(19(20,21)22)27(16)25-17(12)26-9-7-15(8-10-26)29-14-5-3-13(28-2)4-6-14/h3-6,11,15H,7-10H2,1-2H3. The third-order valence-corrected chi connectivity index (χ3v) is 4.92. The Morgan fingerprint density at radius 1 is 1.03 bits per heavy atom. The van der Waals surface area contributed by atoms with E-state index in [1.54, 1.807) is 13.2 Å². The van der Waals surface area contributed by atoms with Gasteiger partial charge in [0.15, 0.2) is 11.5 Å². The number of alkyl halides is 3. The number of aromatic nitrogens is 4. The van der Waals surface area contributed by atoms with E-state index in [4.69, 9.17) is 9.47 Å². The molecule has 0 atom stereocenters. The third-order valence-electron chi connectivity index (χ3n) is 4.92. The van der Waals surface area contributed by atoms with Crippen LogP contribution >= 0.6 is 0 Å². The normalized spacial score (nSPS) is 15.7. The van der Waals surface area contributed by atoms with Gasteiger partial charge in [0.1, 0.15) is 17.6 Å². The summed E-state index contributed by atoms with van der Waals surface area (Å²) >= 11 is 0. The van der Waals surface area contributed by atoms with Gasteiger partial charge in [-0.05, 0) is 42.8 Å². The van der Waals surface area contributed by atoms with Crippen molar-refractivity contribution in [2.75, 3.05) is 25.1 Å². The molecule has 0 amide bonds. The van der Waals surface area contributed by atoms with Gasteiger partial charge in [0.2, 0.25) is 0 Å². The molecule has 0 N–H and O–H groups in total. The molecule has 1 aromatic carbocycles. The first-order chi connectivity index (χ1) is 13.8. The van der Waals surface area contributed by atoms with Gasteiger partial charge in [-0.15, -0.1) is 15.3 Å². The minimum Gasteiger partial charge on any atom is -0.497 e. The first-order valence-electron chi connectivity index (χ1n) is 9.21. The van der Waals surface area contributed by atoms with Gasteiger partial charge >= 0.3 is 6.18 Å². The molecule has 0 aliphatic carbocycles. The number of piperidine rings is 1. The zero-order valence-corrected chi connectivity index (χ0v) is 16.0. The number of benzene rings is 1. The SMILES string of the molecule is COc1ccc(OC2CCN(c3nn4c(C(F)(F)F)nnc4cc3C)CC2)cc1. The zero-order valence-electron chi connectivity index (χ0n) is 16.0. The lowest BCUT2D eigenvalue weighted by atomic mass is 10.1. The van der Waals surface area contributed by atoms with Crippen LogP contribution in [0.3, 0.4) is 0 Å². The van der Waals surface area contributed by atoms with Crippen molar-refractivity contribution in [3.8, 4) is 11.5 Å². The highest BCUT2D eigenvalue weighted by Crippen LogP contribution is 2.30. The molecule has 29 heavy (non-hydrogen) atoms. The maximum atomic E-state index is 13.1. The van der Waals surface area contributed by atoms with Gasteiger partial charge in [-0.1, -0.05) is 0 Å². The Kier molecular flexibility index (Phi) is 4.93. The third kappa shape index (κ3) is 3.92. The molecule has 0 spiro atoms. The molecule has 0 unspecified atom stereocenters. The van der Waals surface area contributed by atoms with Crippen LogP contribution < -0.4 is 14.4 Å². The molecule has 0 radical (unpaired) electrons. The van der Waals surface area contributed by atoms with E-state index < -0.39 is 12.0 Å². The Morgan fingerprint density at radius 2 is 1.69 bits per heavy atom. The number of ether oxygens (including phenoxy) is 2. The van der Waals surface area contributed by atoms with Gasteiger partial charge in [-0.25, -0.2) is 0 Å². The quantitative estimate of drug-likeness (QED) is 0.660. The number of hydrogen-bond acceptors (Lipinski definition) is 6. The summed E-state index contributed by atoms with van der Waals surface area (Å²) in [6, 6.07) is 8.96. The van der Waals surface area contributed by atoms with Gasteiger partial charge < -0.3 is 14.4 Å². The summed E-state index contributed by atoms with van der Waals surface area (Å²) in [5, 5.41) is 11.0. The van der Waals surface area contributed by atoms with E-state index in [1.165, 1.54) is 0 Å². The van der Waals surface area contributed by atoms with Crippen LogP contribution in [-0.4, -0.2) is 46.1 Å². The largest absolute Gasteiger partial charge is 0.497 e. The molecule has 1 aliphatic rings. The summed E-state index contributed by atoms with van der Waals surface area (Å²) in [5.74, 6) is 0.910. The number of rotatable bonds is 4. The molecule has 3 heterocycles. The van der Waals surface area contributed by atoms with E-state index in [2.05, 4.69) is 15.3 Å². The van der Waals surface area contributed by atoms with Crippen LogP contribution in [0.25, 0.3) is 5.65 Å². The van der Waals surface area contributed by atoms with Crippen molar-refractivity contribution < 1.29 is 22.6 Å². The Labute approximate surface area is 165 Å². The van der Waals surface area contributed by atoms with Gasteiger partial charge in [-0.3, -0.25) is 0 Å². The highest BCUT2D eigenvalue weighted by atomic mass is 19.4. The highest BCUT2D eigenvalue weighted by molar-refractivity contribution is 5.53. The van der Waals surface area contributed by atoms with Gasteiger partial charge in [0, 0.05) is 25.9 Å². The minimum atomic E-state index is -4.61. The molecule has 4 rings (SSSR count). The second-order valence-electron chi connectivity index (χ2n) is 6.92. The fourth-order valence-corrected chi connectivity index (χ4v) is 3.43. The van der Waals surface area contributed by atoms with Crippen LogP contribution in [0.1, 0.15) is 24.2 Å². The van der Waals surface area contributed by atoms with Crippen molar-refractivity contribution in [1.82, 2.24) is 19.8 Å². The molecule has 1 fully saturated rings. The summed E-state index contributed by atoms with van der Waals surface area (Å²) < 4.78 is 51.3. The molecule has 7 nitrogen and oxygen atoms in total. The maximum absolute atomic E-state index is 13.1. The van der Waals surface area contributed by atoms with Crippen LogP contribution in [0.15, 0.2) is 30.3 Å². The number of aryl methyl sites for hydroxylation is 1. The fraction of sp³-hybridized carbons (Fsp3) is 0.421. The Bertz CT molecular complexity index is 995.